The van der Waals surface area contributed by atoms with Gasteiger partial charge in [0.1, 0.15) is 5.82 Å². The average molecular weight is 259 g/mol. The number of nitrogens with zero attached hydrogens (tertiary/aromatic N) is 3. The van der Waals surface area contributed by atoms with Gasteiger partial charge in [-0.25, -0.2) is 4.98 Å². The molecule has 5 heteroatoms. The molecular formula is C14H17N3O2. The van der Waals surface area contributed by atoms with Crippen molar-refractivity contribution in [3.05, 3.63) is 54.0 Å². The van der Waals surface area contributed by atoms with Gasteiger partial charge in [-0.3, -0.25) is 4.98 Å². The van der Waals surface area contributed by atoms with E-state index in [1.54, 1.807) is 12.4 Å². The van der Waals surface area contributed by atoms with E-state index in [0.717, 1.165) is 5.56 Å². The van der Waals surface area contributed by atoms with Crippen molar-refractivity contribution in [3.63, 3.8) is 0 Å². The molecule has 0 aliphatic rings. The molecule has 5 nitrogen and oxygen atoms in total. The molecule has 1 aromatic carbocycles. The van der Waals surface area contributed by atoms with E-state index in [-0.39, 0.29) is 13.2 Å². The first-order chi connectivity index (χ1) is 9.33. The van der Waals surface area contributed by atoms with Crippen LogP contribution < -0.4 is 4.90 Å². The lowest BCUT2D eigenvalue weighted by atomic mass is 10.2. The molecule has 0 aliphatic carbocycles. The van der Waals surface area contributed by atoms with Crippen LogP contribution in [0.4, 0.5) is 5.82 Å². The van der Waals surface area contributed by atoms with Crippen molar-refractivity contribution in [2.45, 2.75) is 13.2 Å². The van der Waals surface area contributed by atoms with Crippen LogP contribution in [-0.4, -0.2) is 33.3 Å². The first kappa shape index (κ1) is 13.5. The van der Waals surface area contributed by atoms with Crippen molar-refractivity contribution in [1.82, 2.24) is 9.97 Å². The zero-order valence-electron chi connectivity index (χ0n) is 10.6. The van der Waals surface area contributed by atoms with Gasteiger partial charge in [0, 0.05) is 13.1 Å². The van der Waals surface area contributed by atoms with Gasteiger partial charge in [-0.05, 0) is 5.56 Å². The summed E-state index contributed by atoms with van der Waals surface area (Å²) in [6.45, 7) is 1.08. The molecule has 2 rings (SSSR count). The molecule has 19 heavy (non-hydrogen) atoms. The molecule has 1 aromatic heterocycles. The van der Waals surface area contributed by atoms with Crippen LogP contribution in [0.5, 0.6) is 0 Å². The summed E-state index contributed by atoms with van der Waals surface area (Å²) in [6.07, 6.45) is 3.16. The third-order valence-corrected chi connectivity index (χ3v) is 2.76. The van der Waals surface area contributed by atoms with Crippen molar-refractivity contribution in [3.8, 4) is 0 Å². The maximum Gasteiger partial charge on any atom is 0.147 e. The zero-order chi connectivity index (χ0) is 13.5. The van der Waals surface area contributed by atoms with Gasteiger partial charge in [0.15, 0.2) is 0 Å². The van der Waals surface area contributed by atoms with E-state index in [2.05, 4.69) is 9.97 Å². The molecule has 0 saturated heterocycles. The fourth-order valence-corrected chi connectivity index (χ4v) is 1.79. The van der Waals surface area contributed by atoms with Crippen LogP contribution >= 0.6 is 0 Å². The molecule has 0 saturated carbocycles. The highest BCUT2D eigenvalue weighted by atomic mass is 16.3. The number of rotatable bonds is 6. The lowest BCUT2D eigenvalue weighted by molar-refractivity contribution is 0.276. The second-order valence-electron chi connectivity index (χ2n) is 4.15. The largest absolute Gasteiger partial charge is 0.395 e. The van der Waals surface area contributed by atoms with E-state index in [0.29, 0.717) is 24.6 Å². The van der Waals surface area contributed by atoms with Gasteiger partial charge in [-0.2, -0.15) is 0 Å². The molecule has 2 N–H and O–H groups in total. The van der Waals surface area contributed by atoms with Crippen molar-refractivity contribution in [2.75, 3.05) is 18.1 Å². The summed E-state index contributed by atoms with van der Waals surface area (Å²) in [5.74, 6) is 0.690. The predicted octanol–water partition coefficient (Wildman–Crippen LogP) is 0.968. The van der Waals surface area contributed by atoms with E-state index in [4.69, 9.17) is 10.2 Å². The van der Waals surface area contributed by atoms with Gasteiger partial charge in [-0.15, -0.1) is 0 Å². The molecule has 2 aromatic rings. The minimum atomic E-state index is -0.119. The van der Waals surface area contributed by atoms with Crippen LogP contribution in [0.1, 0.15) is 11.3 Å². The van der Waals surface area contributed by atoms with Gasteiger partial charge in [0.2, 0.25) is 0 Å². The Bertz CT molecular complexity index is 488. The molecule has 0 atom stereocenters. The smallest absolute Gasteiger partial charge is 0.147 e. The second-order valence-corrected chi connectivity index (χ2v) is 4.15. The van der Waals surface area contributed by atoms with Gasteiger partial charge in [-0.1, -0.05) is 30.3 Å². The summed E-state index contributed by atoms with van der Waals surface area (Å²) in [7, 11) is 0. The molecule has 0 radical (unpaired) electrons. The second kappa shape index (κ2) is 6.82. The van der Waals surface area contributed by atoms with E-state index in [1.807, 2.05) is 35.2 Å². The van der Waals surface area contributed by atoms with Crippen LogP contribution in [-0.2, 0) is 13.2 Å². The number of hydrogen-bond donors (Lipinski definition) is 2. The Morgan fingerprint density at radius 2 is 1.79 bits per heavy atom. The first-order valence-corrected chi connectivity index (χ1v) is 6.15. The third kappa shape index (κ3) is 3.74. The van der Waals surface area contributed by atoms with Crippen LogP contribution in [0.15, 0.2) is 42.7 Å². The van der Waals surface area contributed by atoms with Crippen molar-refractivity contribution in [2.24, 2.45) is 0 Å². The Balaban J connectivity index is 2.14. The third-order valence-electron chi connectivity index (χ3n) is 2.76. The summed E-state index contributed by atoms with van der Waals surface area (Å²) in [5, 5.41) is 18.1. The fourth-order valence-electron chi connectivity index (χ4n) is 1.79. The number of anilines is 1. The molecule has 0 aliphatic heterocycles. The highest BCUT2D eigenvalue weighted by Crippen LogP contribution is 2.13. The van der Waals surface area contributed by atoms with Crippen molar-refractivity contribution >= 4 is 5.82 Å². The zero-order valence-corrected chi connectivity index (χ0v) is 10.6. The molecule has 0 bridgehead atoms. The van der Waals surface area contributed by atoms with Crippen molar-refractivity contribution < 1.29 is 10.2 Å². The van der Waals surface area contributed by atoms with E-state index < -0.39 is 0 Å². The Labute approximate surface area is 112 Å². The van der Waals surface area contributed by atoms with Gasteiger partial charge in [0.25, 0.3) is 0 Å². The number of aromatic nitrogens is 2. The predicted molar refractivity (Wildman–Crippen MR) is 72.5 cm³/mol. The molecule has 1 heterocycles. The number of hydrogen-bond acceptors (Lipinski definition) is 5. The maximum atomic E-state index is 9.15. The monoisotopic (exact) mass is 259 g/mol. The minimum absolute atomic E-state index is 0.0519. The van der Waals surface area contributed by atoms with Gasteiger partial charge >= 0.3 is 0 Å². The Hall–Kier alpha value is -1.98. The minimum Gasteiger partial charge on any atom is -0.395 e. The average Bonchev–Trinajstić information content (AvgIpc) is 2.48. The Morgan fingerprint density at radius 3 is 2.37 bits per heavy atom. The lowest BCUT2D eigenvalue weighted by Crippen LogP contribution is -2.27. The van der Waals surface area contributed by atoms with Gasteiger partial charge < -0.3 is 15.1 Å². The van der Waals surface area contributed by atoms with Crippen LogP contribution in [0.2, 0.25) is 0 Å². The SMILES string of the molecule is OCCN(Cc1ccccc1)c1cnc(CO)cn1. The molecule has 0 fully saturated rings. The normalized spacial score (nSPS) is 10.4. The first-order valence-electron chi connectivity index (χ1n) is 6.15. The topological polar surface area (TPSA) is 69.5 Å². The molecular weight excluding hydrogens is 242 g/mol. The van der Waals surface area contributed by atoms with E-state index in [1.165, 1.54) is 0 Å². The van der Waals surface area contributed by atoms with Crippen LogP contribution in [0, 0.1) is 0 Å². The molecule has 0 unspecified atom stereocenters. The highest BCUT2D eigenvalue weighted by Gasteiger charge is 2.08. The molecule has 0 spiro atoms. The lowest BCUT2D eigenvalue weighted by Gasteiger charge is -2.22. The summed E-state index contributed by atoms with van der Waals surface area (Å²) in [4.78, 5) is 10.3. The quantitative estimate of drug-likeness (QED) is 0.809. The fraction of sp³-hybridized carbons (Fsp3) is 0.286. The number of aliphatic hydroxyl groups excluding tert-OH is 2. The standard InChI is InChI=1S/C14H17N3O2/c18-7-6-17(10-12-4-2-1-3-5-12)14-9-15-13(11-19)8-16-14/h1-5,8-9,18-19H,6-7,10-11H2. The van der Waals surface area contributed by atoms with Crippen LogP contribution in [0.25, 0.3) is 0 Å². The Kier molecular flexibility index (Phi) is 4.83. The molecule has 100 valence electrons. The van der Waals surface area contributed by atoms with Gasteiger partial charge in [0.05, 0.1) is 31.3 Å². The number of aliphatic hydroxyl groups is 2. The van der Waals surface area contributed by atoms with E-state index in [9.17, 15) is 0 Å². The highest BCUT2D eigenvalue weighted by molar-refractivity contribution is 5.37. The summed E-state index contributed by atoms with van der Waals surface area (Å²) in [5.41, 5.74) is 1.68. The van der Waals surface area contributed by atoms with E-state index >= 15 is 0 Å². The van der Waals surface area contributed by atoms with Crippen molar-refractivity contribution in [1.29, 1.82) is 0 Å². The molecule has 0 amide bonds. The maximum absolute atomic E-state index is 9.15. The van der Waals surface area contributed by atoms with Crippen LogP contribution in [0.3, 0.4) is 0 Å². The Morgan fingerprint density at radius 1 is 1.00 bits per heavy atom. The summed E-state index contributed by atoms with van der Waals surface area (Å²) < 4.78 is 0. The summed E-state index contributed by atoms with van der Waals surface area (Å²) in [6, 6.07) is 9.98. The summed E-state index contributed by atoms with van der Waals surface area (Å²) >= 11 is 0. The number of benzene rings is 1.